The van der Waals surface area contributed by atoms with Gasteiger partial charge in [0.1, 0.15) is 12.2 Å². The summed E-state index contributed by atoms with van der Waals surface area (Å²) in [4.78, 5) is 0. The zero-order chi connectivity index (χ0) is 14.8. The molecule has 0 saturated carbocycles. The number of hydrogen-bond donors (Lipinski definition) is 4. The van der Waals surface area contributed by atoms with Crippen LogP contribution in [0.4, 0.5) is 0 Å². The minimum Gasteiger partial charge on any atom is -0.394 e. The van der Waals surface area contributed by atoms with Crippen LogP contribution in [0.15, 0.2) is 0 Å². The van der Waals surface area contributed by atoms with E-state index in [9.17, 15) is 0 Å². The quantitative estimate of drug-likeness (QED) is 0.356. The normalized spacial score (nSPS) is 26.4. The molecular formula is C12H24O8. The summed E-state index contributed by atoms with van der Waals surface area (Å²) in [7, 11) is 0. The Bertz CT molecular complexity index is 207. The molecule has 8 nitrogen and oxygen atoms in total. The molecule has 0 aliphatic carbocycles. The van der Waals surface area contributed by atoms with Crippen molar-refractivity contribution in [3.8, 4) is 0 Å². The van der Waals surface area contributed by atoms with E-state index in [1.807, 2.05) is 0 Å². The Labute approximate surface area is 117 Å². The van der Waals surface area contributed by atoms with Crippen LogP contribution in [0.1, 0.15) is 0 Å². The molecule has 1 heterocycles. The molecule has 1 fully saturated rings. The van der Waals surface area contributed by atoms with Crippen molar-refractivity contribution >= 4 is 0 Å². The van der Waals surface area contributed by atoms with E-state index < -0.39 is 18.5 Å². The van der Waals surface area contributed by atoms with Crippen molar-refractivity contribution in [1.29, 1.82) is 0 Å². The lowest BCUT2D eigenvalue weighted by Crippen LogP contribution is -2.38. The van der Waals surface area contributed by atoms with Crippen LogP contribution in [0, 0.1) is 5.92 Å². The predicted octanol–water partition coefficient (Wildman–Crippen LogP) is -2.28. The highest BCUT2D eigenvalue weighted by molar-refractivity contribution is 4.63. The Kier molecular flexibility index (Phi) is 9.23. The predicted molar refractivity (Wildman–Crippen MR) is 67.0 cm³/mol. The van der Waals surface area contributed by atoms with Gasteiger partial charge in [0.25, 0.3) is 0 Å². The van der Waals surface area contributed by atoms with Crippen LogP contribution < -0.4 is 0 Å². The van der Waals surface area contributed by atoms with E-state index >= 15 is 0 Å². The first-order valence-corrected chi connectivity index (χ1v) is 6.62. The highest BCUT2D eigenvalue weighted by atomic mass is 16.7. The van der Waals surface area contributed by atoms with Gasteiger partial charge < -0.3 is 39.4 Å². The average Bonchev–Trinajstić information content (AvgIpc) is 2.48. The molecule has 2 atom stereocenters. The molecule has 4 N–H and O–H groups in total. The summed E-state index contributed by atoms with van der Waals surface area (Å²) in [5.74, 6) is 0.0696. The van der Waals surface area contributed by atoms with Gasteiger partial charge in [-0.05, 0) is 0 Å². The van der Waals surface area contributed by atoms with Crippen molar-refractivity contribution in [3.05, 3.63) is 0 Å². The van der Waals surface area contributed by atoms with Crippen molar-refractivity contribution in [2.75, 3.05) is 52.9 Å². The Morgan fingerprint density at radius 2 is 1.40 bits per heavy atom. The van der Waals surface area contributed by atoms with Crippen LogP contribution in [0.3, 0.4) is 0 Å². The molecule has 0 radical (unpaired) electrons. The van der Waals surface area contributed by atoms with Crippen molar-refractivity contribution in [1.82, 2.24) is 0 Å². The summed E-state index contributed by atoms with van der Waals surface area (Å²) in [5, 5.41) is 35.4. The second-order valence-electron chi connectivity index (χ2n) is 4.71. The maximum absolute atomic E-state index is 9.10. The van der Waals surface area contributed by atoms with Gasteiger partial charge in [-0.1, -0.05) is 0 Å². The second-order valence-corrected chi connectivity index (χ2v) is 4.71. The van der Waals surface area contributed by atoms with Gasteiger partial charge in [-0.3, -0.25) is 0 Å². The van der Waals surface area contributed by atoms with Crippen LogP contribution in [-0.4, -0.2) is 91.8 Å². The van der Waals surface area contributed by atoms with Crippen LogP contribution in [0.5, 0.6) is 0 Å². The Morgan fingerprint density at radius 1 is 0.900 bits per heavy atom. The van der Waals surface area contributed by atoms with Gasteiger partial charge in [0.15, 0.2) is 6.29 Å². The molecule has 1 aliphatic rings. The summed E-state index contributed by atoms with van der Waals surface area (Å²) in [6.45, 7) is 0.922. The first-order valence-electron chi connectivity index (χ1n) is 6.62. The molecule has 0 bridgehead atoms. The van der Waals surface area contributed by atoms with E-state index in [-0.39, 0.29) is 39.0 Å². The minimum atomic E-state index is -0.891. The lowest BCUT2D eigenvalue weighted by Gasteiger charge is -2.29. The molecule has 0 spiro atoms. The molecule has 0 aromatic heterocycles. The van der Waals surface area contributed by atoms with Crippen molar-refractivity contribution < 1.29 is 39.4 Å². The van der Waals surface area contributed by atoms with Gasteiger partial charge in [-0.15, -0.1) is 0 Å². The number of ether oxygens (including phenoxy) is 4. The first-order chi connectivity index (χ1) is 9.65. The number of hydrogen-bond acceptors (Lipinski definition) is 8. The van der Waals surface area contributed by atoms with Gasteiger partial charge in [0.2, 0.25) is 0 Å². The van der Waals surface area contributed by atoms with Gasteiger partial charge in [0, 0.05) is 5.92 Å². The molecule has 0 aromatic rings. The second kappa shape index (κ2) is 10.4. The molecular weight excluding hydrogens is 272 g/mol. The summed E-state index contributed by atoms with van der Waals surface area (Å²) >= 11 is 0. The van der Waals surface area contributed by atoms with E-state index in [1.54, 1.807) is 0 Å². The van der Waals surface area contributed by atoms with E-state index in [1.165, 1.54) is 0 Å². The third kappa shape index (κ3) is 7.46. The highest BCUT2D eigenvalue weighted by Crippen LogP contribution is 2.12. The molecule has 1 rings (SSSR count). The molecule has 1 aliphatic heterocycles. The zero-order valence-corrected chi connectivity index (χ0v) is 11.4. The molecule has 2 unspecified atom stereocenters. The molecule has 20 heavy (non-hydrogen) atoms. The van der Waals surface area contributed by atoms with E-state index in [2.05, 4.69) is 0 Å². The van der Waals surface area contributed by atoms with Crippen LogP contribution in [0.2, 0.25) is 0 Å². The number of aliphatic hydroxyl groups is 4. The smallest absolute Gasteiger partial charge is 0.180 e. The molecule has 0 aromatic carbocycles. The van der Waals surface area contributed by atoms with Crippen molar-refractivity contribution in [2.45, 2.75) is 18.5 Å². The largest absolute Gasteiger partial charge is 0.394 e. The Balaban J connectivity index is 2.02. The van der Waals surface area contributed by atoms with Crippen LogP contribution in [0.25, 0.3) is 0 Å². The number of rotatable bonds is 10. The molecule has 1 saturated heterocycles. The minimum absolute atomic E-state index is 0.0330. The Hall–Kier alpha value is -0.320. The van der Waals surface area contributed by atoms with Gasteiger partial charge in [0.05, 0.1) is 52.9 Å². The fourth-order valence-corrected chi connectivity index (χ4v) is 1.55. The molecule has 0 amide bonds. The fourth-order valence-electron chi connectivity index (χ4n) is 1.55. The number of aliphatic hydroxyl groups excluding tert-OH is 4. The lowest BCUT2D eigenvalue weighted by atomic mass is 10.2. The Morgan fingerprint density at radius 3 is 1.90 bits per heavy atom. The van der Waals surface area contributed by atoms with E-state index in [4.69, 9.17) is 39.4 Å². The first kappa shape index (κ1) is 17.7. The third-order valence-corrected chi connectivity index (χ3v) is 2.69. The van der Waals surface area contributed by atoms with E-state index in [0.717, 1.165) is 0 Å². The summed E-state index contributed by atoms with van der Waals surface area (Å²) < 4.78 is 21.2. The summed E-state index contributed by atoms with van der Waals surface area (Å²) in [6.07, 6.45) is -2.24. The van der Waals surface area contributed by atoms with Gasteiger partial charge in [-0.25, -0.2) is 0 Å². The maximum Gasteiger partial charge on any atom is 0.180 e. The van der Waals surface area contributed by atoms with Crippen LogP contribution in [-0.2, 0) is 18.9 Å². The molecule has 8 heteroatoms. The highest BCUT2D eigenvalue weighted by Gasteiger charge is 2.23. The van der Waals surface area contributed by atoms with Crippen molar-refractivity contribution in [2.24, 2.45) is 5.92 Å². The average molecular weight is 296 g/mol. The molecule has 120 valence electrons. The third-order valence-electron chi connectivity index (χ3n) is 2.69. The topological polar surface area (TPSA) is 118 Å². The van der Waals surface area contributed by atoms with Crippen molar-refractivity contribution in [3.63, 3.8) is 0 Å². The standard InChI is InChI=1S/C12H24O8/c13-1-10(15)6-17-3-9-4-19-12(20-5-9)8-18-7-11(16)2-14/h9-16H,1-8H2. The summed E-state index contributed by atoms with van der Waals surface area (Å²) in [5.41, 5.74) is 0. The zero-order valence-electron chi connectivity index (χ0n) is 11.4. The SMILES string of the molecule is OCC(O)COCC1COC(COCC(O)CO)OC1. The maximum atomic E-state index is 9.10. The fraction of sp³-hybridized carbons (Fsp3) is 1.00. The van der Waals surface area contributed by atoms with E-state index in [0.29, 0.717) is 19.8 Å². The van der Waals surface area contributed by atoms with Gasteiger partial charge >= 0.3 is 0 Å². The summed E-state index contributed by atoms with van der Waals surface area (Å²) in [6, 6.07) is 0. The monoisotopic (exact) mass is 296 g/mol. The van der Waals surface area contributed by atoms with Gasteiger partial charge in [-0.2, -0.15) is 0 Å². The van der Waals surface area contributed by atoms with Crippen LogP contribution >= 0.6 is 0 Å². The lowest BCUT2D eigenvalue weighted by molar-refractivity contribution is -0.229.